The van der Waals surface area contributed by atoms with Crippen LogP contribution in [0.5, 0.6) is 0 Å². The van der Waals surface area contributed by atoms with Crippen molar-refractivity contribution in [1.82, 2.24) is 14.7 Å². The maximum absolute atomic E-state index is 11.6. The largest absolute Gasteiger partial charge is 0.342 e. The molecule has 22 heavy (non-hydrogen) atoms. The number of carbonyl (C=O) groups excluding carboxylic acids is 1. The third-order valence-electron chi connectivity index (χ3n) is 6.08. The summed E-state index contributed by atoms with van der Waals surface area (Å²) in [5.41, 5.74) is 0. The molecule has 0 aromatic carbocycles. The molecule has 0 N–H and O–H groups in total. The van der Waals surface area contributed by atoms with E-state index < -0.39 is 0 Å². The zero-order valence-corrected chi connectivity index (χ0v) is 14.5. The fourth-order valence-electron chi connectivity index (χ4n) is 4.81. The molecule has 0 radical (unpaired) electrons. The molecule has 3 rings (SSSR count). The molecule has 1 aliphatic carbocycles. The van der Waals surface area contributed by atoms with Crippen molar-refractivity contribution in [1.29, 1.82) is 0 Å². The van der Waals surface area contributed by atoms with Crippen LogP contribution in [0, 0.1) is 11.8 Å². The second-order valence-electron chi connectivity index (χ2n) is 7.81. The molecule has 0 bridgehead atoms. The average molecular weight is 307 g/mol. The topological polar surface area (TPSA) is 26.8 Å². The minimum Gasteiger partial charge on any atom is -0.342 e. The molecule has 2 saturated heterocycles. The molecular formula is C18H33N3O. The van der Waals surface area contributed by atoms with Crippen LogP contribution in [-0.4, -0.2) is 72.5 Å². The van der Waals surface area contributed by atoms with E-state index in [-0.39, 0.29) is 5.91 Å². The van der Waals surface area contributed by atoms with Gasteiger partial charge in [0.1, 0.15) is 0 Å². The van der Waals surface area contributed by atoms with Crippen molar-refractivity contribution in [3.63, 3.8) is 0 Å². The highest BCUT2D eigenvalue weighted by Crippen LogP contribution is 2.29. The Balaban J connectivity index is 1.52. The zero-order valence-electron chi connectivity index (χ0n) is 14.5. The highest BCUT2D eigenvalue weighted by molar-refractivity contribution is 5.73. The molecule has 126 valence electrons. The number of hydrogen-bond donors (Lipinski definition) is 0. The number of nitrogens with zero attached hydrogens (tertiary/aromatic N) is 3. The molecule has 1 saturated carbocycles. The lowest BCUT2D eigenvalue weighted by Crippen LogP contribution is -2.43. The van der Waals surface area contributed by atoms with Gasteiger partial charge in [-0.3, -0.25) is 9.69 Å². The summed E-state index contributed by atoms with van der Waals surface area (Å²) in [5, 5.41) is 0. The van der Waals surface area contributed by atoms with Crippen molar-refractivity contribution >= 4 is 5.91 Å². The van der Waals surface area contributed by atoms with Gasteiger partial charge in [0, 0.05) is 58.8 Å². The summed E-state index contributed by atoms with van der Waals surface area (Å²) >= 11 is 0. The Bertz CT molecular complexity index is 381. The predicted octanol–water partition coefficient (Wildman–Crippen LogP) is 2.05. The molecule has 2 atom stereocenters. The molecule has 1 amide bonds. The Kier molecular flexibility index (Phi) is 5.40. The fraction of sp³-hybridized carbons (Fsp3) is 0.944. The minimum absolute atomic E-state index is 0.240. The highest BCUT2D eigenvalue weighted by Gasteiger charge is 2.35. The lowest BCUT2D eigenvalue weighted by molar-refractivity contribution is -0.128. The maximum atomic E-state index is 11.6. The molecule has 2 unspecified atom stereocenters. The van der Waals surface area contributed by atoms with Gasteiger partial charge in [-0.2, -0.15) is 0 Å². The lowest BCUT2D eigenvalue weighted by atomic mass is 10.0. The van der Waals surface area contributed by atoms with Gasteiger partial charge in [-0.15, -0.1) is 0 Å². The summed E-state index contributed by atoms with van der Waals surface area (Å²) in [6.45, 7) is 12.1. The molecule has 0 aromatic heterocycles. The molecule has 0 aromatic rings. The third-order valence-corrected chi connectivity index (χ3v) is 6.08. The van der Waals surface area contributed by atoms with E-state index in [1.807, 2.05) is 4.90 Å². The van der Waals surface area contributed by atoms with E-state index in [1.54, 1.807) is 6.92 Å². The molecule has 0 spiro atoms. The van der Waals surface area contributed by atoms with E-state index in [9.17, 15) is 4.79 Å². The first kappa shape index (κ1) is 16.3. The first-order valence-corrected chi connectivity index (χ1v) is 9.35. The second kappa shape index (κ2) is 7.31. The van der Waals surface area contributed by atoms with Crippen LogP contribution in [0.3, 0.4) is 0 Å². The van der Waals surface area contributed by atoms with Crippen molar-refractivity contribution in [2.24, 2.45) is 11.8 Å². The Morgan fingerprint density at radius 1 is 1.00 bits per heavy atom. The Hall–Kier alpha value is -0.610. The summed E-state index contributed by atoms with van der Waals surface area (Å²) in [6.07, 6.45) is 6.93. The molecular weight excluding hydrogens is 274 g/mol. The SMILES string of the molecule is CC(=O)N1CCCN(C2CN(CC3CCCC3)CC2C)CC1. The number of carbonyl (C=O) groups is 1. The maximum Gasteiger partial charge on any atom is 0.219 e. The number of rotatable bonds is 3. The summed E-state index contributed by atoms with van der Waals surface area (Å²) in [6, 6.07) is 0.702. The van der Waals surface area contributed by atoms with Crippen LogP contribution in [0.25, 0.3) is 0 Å². The van der Waals surface area contributed by atoms with Crippen LogP contribution in [0.4, 0.5) is 0 Å². The van der Waals surface area contributed by atoms with E-state index >= 15 is 0 Å². The Morgan fingerprint density at radius 3 is 2.50 bits per heavy atom. The van der Waals surface area contributed by atoms with Crippen molar-refractivity contribution < 1.29 is 4.79 Å². The fourth-order valence-corrected chi connectivity index (χ4v) is 4.81. The van der Waals surface area contributed by atoms with Crippen molar-refractivity contribution in [3.05, 3.63) is 0 Å². The van der Waals surface area contributed by atoms with Crippen LogP contribution in [0.15, 0.2) is 0 Å². The van der Waals surface area contributed by atoms with Crippen LogP contribution in [0.2, 0.25) is 0 Å². The van der Waals surface area contributed by atoms with Crippen molar-refractivity contribution in [2.45, 2.75) is 52.0 Å². The Morgan fingerprint density at radius 2 is 1.77 bits per heavy atom. The summed E-state index contributed by atoms with van der Waals surface area (Å²) in [7, 11) is 0. The number of hydrogen-bond acceptors (Lipinski definition) is 3. The molecule has 4 nitrogen and oxygen atoms in total. The van der Waals surface area contributed by atoms with Gasteiger partial charge < -0.3 is 9.80 Å². The van der Waals surface area contributed by atoms with Gasteiger partial charge in [0.2, 0.25) is 5.91 Å². The van der Waals surface area contributed by atoms with E-state index in [0.717, 1.165) is 44.4 Å². The van der Waals surface area contributed by atoms with Crippen molar-refractivity contribution in [3.8, 4) is 0 Å². The van der Waals surface area contributed by atoms with Crippen LogP contribution < -0.4 is 0 Å². The van der Waals surface area contributed by atoms with E-state index in [1.165, 1.54) is 45.3 Å². The lowest BCUT2D eigenvalue weighted by Gasteiger charge is -2.30. The van der Waals surface area contributed by atoms with E-state index in [4.69, 9.17) is 0 Å². The summed E-state index contributed by atoms with van der Waals surface area (Å²) in [5.74, 6) is 1.97. The molecule has 3 fully saturated rings. The highest BCUT2D eigenvalue weighted by atomic mass is 16.2. The standard InChI is InChI=1S/C18H33N3O/c1-15-12-19(13-17-6-3-4-7-17)14-18(15)21-9-5-8-20(10-11-21)16(2)22/h15,17-18H,3-14H2,1-2H3. The van der Waals surface area contributed by atoms with Gasteiger partial charge in [-0.25, -0.2) is 0 Å². The van der Waals surface area contributed by atoms with Gasteiger partial charge in [0.15, 0.2) is 0 Å². The normalized spacial score (nSPS) is 32.5. The second-order valence-corrected chi connectivity index (χ2v) is 7.81. The minimum atomic E-state index is 0.240. The summed E-state index contributed by atoms with van der Waals surface area (Å²) in [4.78, 5) is 19.0. The quantitative estimate of drug-likeness (QED) is 0.798. The molecule has 2 heterocycles. The van der Waals surface area contributed by atoms with Gasteiger partial charge in [-0.1, -0.05) is 19.8 Å². The zero-order chi connectivity index (χ0) is 15.5. The first-order chi connectivity index (χ1) is 10.6. The van der Waals surface area contributed by atoms with Gasteiger partial charge in [0.25, 0.3) is 0 Å². The molecule has 3 aliphatic rings. The Labute approximate surface area is 135 Å². The number of amides is 1. The first-order valence-electron chi connectivity index (χ1n) is 9.35. The van der Waals surface area contributed by atoms with Gasteiger partial charge >= 0.3 is 0 Å². The van der Waals surface area contributed by atoms with Crippen LogP contribution in [-0.2, 0) is 4.79 Å². The monoisotopic (exact) mass is 307 g/mol. The third kappa shape index (κ3) is 3.83. The summed E-state index contributed by atoms with van der Waals surface area (Å²) < 4.78 is 0. The van der Waals surface area contributed by atoms with Crippen LogP contribution in [0.1, 0.15) is 46.0 Å². The van der Waals surface area contributed by atoms with E-state index in [2.05, 4.69) is 16.7 Å². The van der Waals surface area contributed by atoms with Gasteiger partial charge in [-0.05, 0) is 31.1 Å². The average Bonchev–Trinajstić information content (AvgIpc) is 3.03. The molecule has 2 aliphatic heterocycles. The smallest absolute Gasteiger partial charge is 0.219 e. The molecule has 4 heteroatoms. The van der Waals surface area contributed by atoms with Crippen LogP contribution >= 0.6 is 0 Å². The number of likely N-dealkylation sites (tertiary alicyclic amines) is 1. The van der Waals surface area contributed by atoms with Gasteiger partial charge in [0.05, 0.1) is 0 Å². The van der Waals surface area contributed by atoms with E-state index in [0.29, 0.717) is 6.04 Å². The van der Waals surface area contributed by atoms with Crippen molar-refractivity contribution in [2.75, 3.05) is 45.8 Å². The predicted molar refractivity (Wildman–Crippen MR) is 89.8 cm³/mol.